The van der Waals surface area contributed by atoms with Gasteiger partial charge in [-0.25, -0.2) is 0 Å². The molecule has 0 radical (unpaired) electrons. The lowest BCUT2D eigenvalue weighted by molar-refractivity contribution is 1.60. The highest BCUT2D eigenvalue weighted by Crippen LogP contribution is 2.20. The molecule has 0 atom stereocenters. The molecule has 0 bridgehead atoms. The molecule has 3 aromatic carbocycles. The van der Waals surface area contributed by atoms with E-state index in [1.165, 1.54) is 16.7 Å². The normalized spacial score (nSPS) is 10.9. The van der Waals surface area contributed by atoms with Crippen molar-refractivity contribution in [3.8, 4) is 11.1 Å². The predicted octanol–water partition coefficient (Wildman–Crippen LogP) is 6.18. The minimum absolute atomic E-state index is 0.763. The third kappa shape index (κ3) is 3.62. The molecule has 0 spiro atoms. The van der Waals surface area contributed by atoms with Crippen molar-refractivity contribution in [2.75, 3.05) is 0 Å². The average molecular weight is 291 g/mol. The van der Waals surface area contributed by atoms with E-state index in [0.717, 1.165) is 10.6 Å². The van der Waals surface area contributed by atoms with Crippen LogP contribution in [0.3, 0.4) is 0 Å². The number of halogens is 1. The summed E-state index contributed by atoms with van der Waals surface area (Å²) >= 11 is 5.88. The van der Waals surface area contributed by atoms with E-state index < -0.39 is 0 Å². The summed E-state index contributed by atoms with van der Waals surface area (Å²) in [6.45, 7) is 0. The second-order valence-corrected chi connectivity index (χ2v) is 5.31. The van der Waals surface area contributed by atoms with Crippen LogP contribution < -0.4 is 0 Å². The Morgan fingerprint density at radius 1 is 0.524 bits per heavy atom. The topological polar surface area (TPSA) is 0 Å². The number of rotatable bonds is 3. The van der Waals surface area contributed by atoms with Gasteiger partial charge in [-0.2, -0.15) is 0 Å². The van der Waals surface area contributed by atoms with Gasteiger partial charge in [0.05, 0.1) is 0 Å². The molecule has 3 rings (SSSR count). The quantitative estimate of drug-likeness (QED) is 0.505. The second-order valence-electron chi connectivity index (χ2n) is 4.87. The van der Waals surface area contributed by atoms with Crippen molar-refractivity contribution >= 4 is 23.8 Å². The van der Waals surface area contributed by atoms with Crippen LogP contribution in [0.5, 0.6) is 0 Å². The van der Waals surface area contributed by atoms with Crippen LogP contribution in [0.25, 0.3) is 23.3 Å². The highest BCUT2D eigenvalue weighted by molar-refractivity contribution is 6.30. The van der Waals surface area contributed by atoms with Gasteiger partial charge in [-0.05, 0) is 34.4 Å². The van der Waals surface area contributed by atoms with Crippen LogP contribution in [0, 0.1) is 0 Å². The van der Waals surface area contributed by atoms with Gasteiger partial charge in [-0.1, -0.05) is 90.5 Å². The van der Waals surface area contributed by atoms with E-state index in [0.29, 0.717) is 0 Å². The van der Waals surface area contributed by atoms with Gasteiger partial charge in [-0.15, -0.1) is 0 Å². The van der Waals surface area contributed by atoms with Gasteiger partial charge >= 0.3 is 0 Å². The summed E-state index contributed by atoms with van der Waals surface area (Å²) in [5, 5.41) is 0.763. The summed E-state index contributed by atoms with van der Waals surface area (Å²) in [6.07, 6.45) is 4.20. The van der Waals surface area contributed by atoms with Gasteiger partial charge in [0.25, 0.3) is 0 Å². The molecule has 0 saturated heterocycles. The van der Waals surface area contributed by atoms with E-state index >= 15 is 0 Å². The lowest BCUT2D eigenvalue weighted by Gasteiger charge is -2.02. The van der Waals surface area contributed by atoms with Crippen molar-refractivity contribution in [3.05, 3.63) is 95.0 Å². The Labute approximate surface area is 130 Å². The second kappa shape index (κ2) is 6.43. The highest BCUT2D eigenvalue weighted by atomic mass is 35.5. The van der Waals surface area contributed by atoms with E-state index in [9.17, 15) is 0 Å². The molecule has 0 saturated carbocycles. The Hall–Kier alpha value is -2.31. The van der Waals surface area contributed by atoms with Crippen LogP contribution in [0.2, 0.25) is 5.02 Å². The van der Waals surface area contributed by atoms with E-state index in [1.54, 1.807) is 0 Å². The molecule has 0 aliphatic rings. The van der Waals surface area contributed by atoms with E-state index in [1.807, 2.05) is 30.3 Å². The van der Waals surface area contributed by atoms with Gasteiger partial charge in [-0.3, -0.25) is 0 Å². The summed E-state index contributed by atoms with van der Waals surface area (Å²) in [7, 11) is 0. The van der Waals surface area contributed by atoms with Crippen molar-refractivity contribution in [2.24, 2.45) is 0 Å². The van der Waals surface area contributed by atoms with Crippen LogP contribution in [-0.4, -0.2) is 0 Å². The largest absolute Gasteiger partial charge is 0.0843 e. The van der Waals surface area contributed by atoms with E-state index in [4.69, 9.17) is 11.6 Å². The molecule has 0 unspecified atom stereocenters. The van der Waals surface area contributed by atoms with E-state index in [2.05, 4.69) is 60.7 Å². The first-order valence-corrected chi connectivity index (χ1v) is 7.28. The molecule has 0 aliphatic heterocycles. The van der Waals surface area contributed by atoms with Crippen LogP contribution in [0.15, 0.2) is 78.9 Å². The van der Waals surface area contributed by atoms with Crippen molar-refractivity contribution in [2.45, 2.75) is 0 Å². The van der Waals surface area contributed by atoms with E-state index in [-0.39, 0.29) is 0 Å². The molecule has 3 aromatic rings. The molecule has 0 fully saturated rings. The molecular weight excluding hydrogens is 276 g/mol. The van der Waals surface area contributed by atoms with Crippen LogP contribution >= 0.6 is 11.6 Å². The molecule has 21 heavy (non-hydrogen) atoms. The lowest BCUT2D eigenvalue weighted by Crippen LogP contribution is -1.78. The molecule has 1 heteroatoms. The SMILES string of the molecule is Clc1ccc(C=Cc2ccc(-c3ccccc3)cc2)cc1. The maximum atomic E-state index is 5.88. The maximum absolute atomic E-state index is 5.88. The molecule has 0 N–H and O–H groups in total. The maximum Gasteiger partial charge on any atom is 0.0406 e. The summed E-state index contributed by atoms with van der Waals surface area (Å²) in [5.41, 5.74) is 4.81. The molecule has 0 amide bonds. The lowest BCUT2D eigenvalue weighted by atomic mass is 10.0. The van der Waals surface area contributed by atoms with Gasteiger partial charge in [0, 0.05) is 5.02 Å². The van der Waals surface area contributed by atoms with Crippen molar-refractivity contribution in [1.29, 1.82) is 0 Å². The predicted molar refractivity (Wildman–Crippen MR) is 92.3 cm³/mol. The number of benzene rings is 3. The molecule has 102 valence electrons. The number of hydrogen-bond donors (Lipinski definition) is 0. The Balaban J connectivity index is 1.77. The summed E-state index contributed by atoms with van der Waals surface area (Å²) in [5.74, 6) is 0. The van der Waals surface area contributed by atoms with Gasteiger partial charge in [0.15, 0.2) is 0 Å². The molecule has 0 aliphatic carbocycles. The fourth-order valence-electron chi connectivity index (χ4n) is 2.18. The molecule has 0 heterocycles. The summed E-state index contributed by atoms with van der Waals surface area (Å²) < 4.78 is 0. The van der Waals surface area contributed by atoms with Crippen molar-refractivity contribution < 1.29 is 0 Å². The van der Waals surface area contributed by atoms with Crippen LogP contribution in [0.4, 0.5) is 0 Å². The Morgan fingerprint density at radius 3 is 1.57 bits per heavy atom. The molecular formula is C20H15Cl. The van der Waals surface area contributed by atoms with Crippen molar-refractivity contribution in [3.63, 3.8) is 0 Å². The van der Waals surface area contributed by atoms with Gasteiger partial charge in [0.2, 0.25) is 0 Å². The highest BCUT2D eigenvalue weighted by Gasteiger charge is 1.95. The monoisotopic (exact) mass is 290 g/mol. The fourth-order valence-corrected chi connectivity index (χ4v) is 2.31. The van der Waals surface area contributed by atoms with Gasteiger partial charge < -0.3 is 0 Å². The first kappa shape index (κ1) is 13.7. The fraction of sp³-hybridized carbons (Fsp3) is 0. The average Bonchev–Trinajstić information content (AvgIpc) is 2.56. The zero-order valence-electron chi connectivity index (χ0n) is 11.5. The molecule has 0 aromatic heterocycles. The zero-order valence-corrected chi connectivity index (χ0v) is 12.3. The zero-order chi connectivity index (χ0) is 14.5. The Kier molecular flexibility index (Phi) is 4.18. The first-order chi connectivity index (χ1) is 10.3. The first-order valence-electron chi connectivity index (χ1n) is 6.90. The Bertz CT molecular complexity index is 723. The summed E-state index contributed by atoms with van der Waals surface area (Å²) in [4.78, 5) is 0. The third-order valence-corrected chi connectivity index (χ3v) is 3.61. The molecule has 0 nitrogen and oxygen atoms in total. The van der Waals surface area contributed by atoms with Crippen LogP contribution in [0.1, 0.15) is 11.1 Å². The smallest absolute Gasteiger partial charge is 0.0406 e. The van der Waals surface area contributed by atoms with Crippen molar-refractivity contribution in [1.82, 2.24) is 0 Å². The Morgan fingerprint density at radius 2 is 1.00 bits per heavy atom. The van der Waals surface area contributed by atoms with Gasteiger partial charge in [0.1, 0.15) is 0 Å². The van der Waals surface area contributed by atoms with Crippen LogP contribution in [-0.2, 0) is 0 Å². The minimum atomic E-state index is 0.763. The third-order valence-electron chi connectivity index (χ3n) is 3.36. The summed E-state index contributed by atoms with van der Waals surface area (Å²) in [6, 6.07) is 26.8. The minimum Gasteiger partial charge on any atom is -0.0843 e. The number of hydrogen-bond acceptors (Lipinski definition) is 0. The standard InChI is InChI=1S/C20H15Cl/c21-20-14-10-17(11-15-20)7-6-16-8-12-19(13-9-16)18-4-2-1-3-5-18/h1-15H.